The molecule has 25 heavy (non-hydrogen) atoms. The summed E-state index contributed by atoms with van der Waals surface area (Å²) in [5.74, 6) is 0.000808. The second kappa shape index (κ2) is 16.9. The average Bonchev–Trinajstić information content (AvgIpc) is 2.59. The van der Waals surface area contributed by atoms with Gasteiger partial charge >= 0.3 is 0 Å². The van der Waals surface area contributed by atoms with Gasteiger partial charge in [-0.05, 0) is 19.3 Å². The molecular formula is C22H45NO2. The molecule has 3 nitrogen and oxygen atoms in total. The fourth-order valence-corrected chi connectivity index (χ4v) is 3.37. The minimum Gasteiger partial charge on any atom is -0.371 e. The summed E-state index contributed by atoms with van der Waals surface area (Å²) >= 11 is 0. The molecular weight excluding hydrogens is 310 g/mol. The highest BCUT2D eigenvalue weighted by Gasteiger charge is 2.24. The van der Waals surface area contributed by atoms with E-state index in [0.29, 0.717) is 19.3 Å². The Hall–Kier alpha value is -0.570. The van der Waals surface area contributed by atoms with Gasteiger partial charge in [-0.3, -0.25) is 4.79 Å². The minimum absolute atomic E-state index is 0.000808. The molecule has 0 radical (unpaired) electrons. The molecule has 0 aliphatic carbocycles. The van der Waals surface area contributed by atoms with Gasteiger partial charge < -0.3 is 10.4 Å². The predicted octanol–water partition coefficient (Wildman–Crippen LogP) is 6.48. The zero-order valence-electron chi connectivity index (χ0n) is 17.4. The van der Waals surface area contributed by atoms with Gasteiger partial charge in [0.05, 0.1) is 0 Å². The normalized spacial score (nSPS) is 13.6. The highest BCUT2D eigenvalue weighted by atomic mass is 16.3. The smallest absolute Gasteiger partial charge is 0.222 e. The van der Waals surface area contributed by atoms with E-state index in [1.807, 2.05) is 13.8 Å². The second-order valence-electron chi connectivity index (χ2n) is 7.68. The zero-order chi connectivity index (χ0) is 18.8. The zero-order valence-corrected chi connectivity index (χ0v) is 17.4. The Morgan fingerprint density at radius 1 is 0.720 bits per heavy atom. The third-order valence-electron chi connectivity index (χ3n) is 5.13. The number of rotatable bonds is 18. The van der Waals surface area contributed by atoms with E-state index in [0.717, 1.165) is 19.3 Å². The first kappa shape index (κ1) is 24.4. The van der Waals surface area contributed by atoms with Crippen molar-refractivity contribution in [2.45, 2.75) is 136 Å². The summed E-state index contributed by atoms with van der Waals surface area (Å²) in [5.41, 5.74) is -0.998. The number of carbonyl (C=O) groups excluding carboxylic acids is 1. The minimum atomic E-state index is -0.998. The van der Waals surface area contributed by atoms with E-state index in [-0.39, 0.29) is 5.91 Å². The van der Waals surface area contributed by atoms with Crippen LogP contribution >= 0.6 is 0 Å². The molecule has 0 aliphatic heterocycles. The van der Waals surface area contributed by atoms with Gasteiger partial charge in [0, 0.05) is 6.42 Å². The van der Waals surface area contributed by atoms with E-state index in [9.17, 15) is 9.90 Å². The lowest BCUT2D eigenvalue weighted by Gasteiger charge is -2.27. The number of unbranched alkanes of at least 4 members (excludes halogenated alkanes) is 12. The van der Waals surface area contributed by atoms with Crippen molar-refractivity contribution >= 4 is 5.91 Å². The topological polar surface area (TPSA) is 49.3 Å². The van der Waals surface area contributed by atoms with Crippen LogP contribution in [0.5, 0.6) is 0 Å². The number of carbonyl (C=O) groups is 1. The fraction of sp³-hybridized carbons (Fsp3) is 0.955. The van der Waals surface area contributed by atoms with E-state index in [1.54, 1.807) is 0 Å². The fourth-order valence-electron chi connectivity index (χ4n) is 3.37. The Morgan fingerprint density at radius 2 is 1.16 bits per heavy atom. The van der Waals surface area contributed by atoms with Crippen LogP contribution in [0, 0.1) is 0 Å². The van der Waals surface area contributed by atoms with Crippen molar-refractivity contribution in [1.82, 2.24) is 5.32 Å². The van der Waals surface area contributed by atoms with E-state index in [1.165, 1.54) is 70.6 Å². The van der Waals surface area contributed by atoms with Crippen molar-refractivity contribution in [3.63, 3.8) is 0 Å². The van der Waals surface area contributed by atoms with Crippen LogP contribution < -0.4 is 5.32 Å². The van der Waals surface area contributed by atoms with E-state index in [2.05, 4.69) is 12.2 Å². The molecule has 1 unspecified atom stereocenters. The van der Waals surface area contributed by atoms with E-state index >= 15 is 0 Å². The molecule has 0 fully saturated rings. The van der Waals surface area contributed by atoms with E-state index < -0.39 is 5.72 Å². The third kappa shape index (κ3) is 15.4. The Balaban J connectivity index is 3.39. The first-order chi connectivity index (χ1) is 12.1. The average molecular weight is 356 g/mol. The van der Waals surface area contributed by atoms with Crippen LogP contribution in [0.4, 0.5) is 0 Å². The molecule has 3 heteroatoms. The van der Waals surface area contributed by atoms with Crippen LogP contribution in [0.1, 0.15) is 130 Å². The maximum absolute atomic E-state index is 11.9. The SMILES string of the molecule is CCCCCCCCCCCCCCCC(=O)NC(O)(CC)CCC. The van der Waals surface area contributed by atoms with Crippen molar-refractivity contribution in [3.05, 3.63) is 0 Å². The van der Waals surface area contributed by atoms with Gasteiger partial charge in [0.25, 0.3) is 0 Å². The molecule has 1 atom stereocenters. The molecule has 0 aliphatic rings. The second-order valence-corrected chi connectivity index (χ2v) is 7.68. The molecule has 1 amide bonds. The number of hydrogen-bond acceptors (Lipinski definition) is 2. The Kier molecular flexibility index (Phi) is 16.5. The molecule has 150 valence electrons. The Labute approximate surface area is 157 Å². The van der Waals surface area contributed by atoms with Crippen LogP contribution in [0.25, 0.3) is 0 Å². The van der Waals surface area contributed by atoms with Gasteiger partial charge in [0.15, 0.2) is 0 Å². The Bertz CT molecular complexity index is 306. The molecule has 0 saturated carbocycles. The van der Waals surface area contributed by atoms with Crippen molar-refractivity contribution in [2.24, 2.45) is 0 Å². The lowest BCUT2D eigenvalue weighted by molar-refractivity contribution is -0.129. The summed E-state index contributed by atoms with van der Waals surface area (Å²) in [7, 11) is 0. The third-order valence-corrected chi connectivity index (χ3v) is 5.13. The number of aliphatic hydroxyl groups is 1. The molecule has 0 rings (SSSR count). The summed E-state index contributed by atoms with van der Waals surface area (Å²) in [6.45, 7) is 6.21. The van der Waals surface area contributed by atoms with Gasteiger partial charge in [0.2, 0.25) is 5.91 Å². The van der Waals surface area contributed by atoms with Gasteiger partial charge in [-0.2, -0.15) is 0 Å². The lowest BCUT2D eigenvalue weighted by atomic mass is 10.0. The maximum atomic E-state index is 11.9. The van der Waals surface area contributed by atoms with Gasteiger partial charge in [-0.25, -0.2) is 0 Å². The van der Waals surface area contributed by atoms with Crippen LogP contribution in [-0.2, 0) is 4.79 Å². The molecule has 2 N–H and O–H groups in total. The highest BCUT2D eigenvalue weighted by molar-refractivity contribution is 5.76. The van der Waals surface area contributed by atoms with Gasteiger partial charge in [-0.1, -0.05) is 104 Å². The first-order valence-corrected chi connectivity index (χ1v) is 11.1. The van der Waals surface area contributed by atoms with Crippen molar-refractivity contribution < 1.29 is 9.90 Å². The quantitative estimate of drug-likeness (QED) is 0.218. The van der Waals surface area contributed by atoms with E-state index in [4.69, 9.17) is 0 Å². The number of amides is 1. The van der Waals surface area contributed by atoms with Crippen LogP contribution in [0.3, 0.4) is 0 Å². The van der Waals surface area contributed by atoms with Crippen LogP contribution in [-0.4, -0.2) is 16.7 Å². The standard InChI is InChI=1S/C22H45NO2/c1-4-7-8-9-10-11-12-13-14-15-16-17-18-19-21(24)23-22(25,6-3)20-5-2/h25H,4-20H2,1-3H3,(H,23,24). The number of nitrogens with one attached hydrogen (secondary N) is 1. The number of hydrogen-bond donors (Lipinski definition) is 2. The lowest BCUT2D eigenvalue weighted by Crippen LogP contribution is -2.47. The van der Waals surface area contributed by atoms with Crippen LogP contribution in [0.2, 0.25) is 0 Å². The molecule has 0 heterocycles. The summed E-state index contributed by atoms with van der Waals surface area (Å²) in [5, 5.41) is 13.1. The molecule has 0 aromatic rings. The van der Waals surface area contributed by atoms with Crippen molar-refractivity contribution in [3.8, 4) is 0 Å². The largest absolute Gasteiger partial charge is 0.371 e. The maximum Gasteiger partial charge on any atom is 0.222 e. The molecule has 0 aromatic carbocycles. The predicted molar refractivity (Wildman–Crippen MR) is 109 cm³/mol. The first-order valence-electron chi connectivity index (χ1n) is 11.1. The monoisotopic (exact) mass is 355 g/mol. The summed E-state index contributed by atoms with van der Waals surface area (Å²) in [6, 6.07) is 0. The van der Waals surface area contributed by atoms with Crippen LogP contribution in [0.15, 0.2) is 0 Å². The summed E-state index contributed by atoms with van der Waals surface area (Å²) < 4.78 is 0. The van der Waals surface area contributed by atoms with Gasteiger partial charge in [0.1, 0.15) is 5.72 Å². The molecule has 0 aromatic heterocycles. The molecule has 0 spiro atoms. The van der Waals surface area contributed by atoms with Crippen molar-refractivity contribution in [2.75, 3.05) is 0 Å². The highest BCUT2D eigenvalue weighted by Crippen LogP contribution is 2.15. The Morgan fingerprint density at radius 3 is 1.56 bits per heavy atom. The summed E-state index contributed by atoms with van der Waals surface area (Å²) in [4.78, 5) is 11.9. The summed E-state index contributed by atoms with van der Waals surface area (Å²) in [6.07, 6.45) is 19.7. The van der Waals surface area contributed by atoms with Crippen molar-refractivity contribution in [1.29, 1.82) is 0 Å². The van der Waals surface area contributed by atoms with Gasteiger partial charge in [-0.15, -0.1) is 0 Å². The molecule has 0 bridgehead atoms. The molecule has 0 saturated heterocycles.